The molecule has 0 spiro atoms. The lowest BCUT2D eigenvalue weighted by Gasteiger charge is -2.11. The predicted octanol–water partition coefficient (Wildman–Crippen LogP) is 6.26. The molecule has 0 aliphatic carbocycles. The van der Waals surface area contributed by atoms with Crippen LogP contribution in [0.1, 0.15) is 32.8 Å². The van der Waals surface area contributed by atoms with E-state index in [4.69, 9.17) is 39.9 Å². The summed E-state index contributed by atoms with van der Waals surface area (Å²) in [4.78, 5) is 36.1. The topological polar surface area (TPSA) is 113 Å². The second-order valence-electron chi connectivity index (χ2n) is 8.27. The van der Waals surface area contributed by atoms with E-state index in [2.05, 4.69) is 15.7 Å². The summed E-state index contributed by atoms with van der Waals surface area (Å²) in [6.45, 7) is 1.80. The molecule has 0 bridgehead atoms. The van der Waals surface area contributed by atoms with Crippen LogP contribution in [0.25, 0.3) is 16.9 Å². The van der Waals surface area contributed by atoms with Gasteiger partial charge < -0.3 is 15.7 Å². The predicted molar refractivity (Wildman–Crippen MR) is 148 cm³/mol. The highest BCUT2D eigenvalue weighted by Gasteiger charge is 2.23. The minimum atomic E-state index is -1.00. The Morgan fingerprint density at radius 3 is 2.18 bits per heavy atom. The van der Waals surface area contributed by atoms with Crippen LogP contribution < -0.4 is 10.6 Å². The normalized spacial score (nSPS) is 10.7. The summed E-state index contributed by atoms with van der Waals surface area (Å²) in [6, 6.07) is 18.4. The summed E-state index contributed by atoms with van der Waals surface area (Å²) in [5, 5.41) is 20.0. The number of nitrogens with zero attached hydrogens (tertiary/aromatic N) is 2. The average molecular weight is 572 g/mol. The maximum absolute atomic E-state index is 13.3. The van der Waals surface area contributed by atoms with Crippen LogP contribution in [0.5, 0.6) is 0 Å². The van der Waals surface area contributed by atoms with Crippen molar-refractivity contribution in [3.05, 3.63) is 98.6 Å². The Labute approximate surface area is 233 Å². The van der Waals surface area contributed by atoms with E-state index in [1.807, 2.05) is 12.1 Å². The molecule has 11 heteroatoms. The van der Waals surface area contributed by atoms with Crippen molar-refractivity contribution < 1.29 is 19.5 Å². The number of amides is 2. The van der Waals surface area contributed by atoms with Crippen molar-refractivity contribution in [2.75, 3.05) is 11.9 Å². The average Bonchev–Trinajstić information content (AvgIpc) is 3.21. The largest absolute Gasteiger partial charge is 0.481 e. The number of carboxylic acid groups (broad SMARTS) is 1. The zero-order chi connectivity index (χ0) is 27.4. The second kappa shape index (κ2) is 11.7. The van der Waals surface area contributed by atoms with Crippen LogP contribution in [0.2, 0.25) is 15.1 Å². The van der Waals surface area contributed by atoms with Crippen molar-refractivity contribution in [1.29, 1.82) is 0 Å². The van der Waals surface area contributed by atoms with Gasteiger partial charge in [0.2, 0.25) is 0 Å². The highest BCUT2D eigenvalue weighted by molar-refractivity contribution is 6.35. The Morgan fingerprint density at radius 2 is 1.55 bits per heavy atom. The quantitative estimate of drug-likeness (QED) is 0.231. The SMILES string of the molecule is Cc1c(C(=O)Nc2ccc(C(=O)NCCC(=O)O)cc2)nn(-c2ccc(Cl)cc2Cl)c1-c1ccc(Cl)cc1. The molecule has 0 saturated heterocycles. The van der Waals surface area contributed by atoms with Crippen molar-refractivity contribution in [3.63, 3.8) is 0 Å². The molecule has 0 fully saturated rings. The summed E-state index contributed by atoms with van der Waals surface area (Å²) >= 11 is 18.6. The lowest BCUT2D eigenvalue weighted by molar-refractivity contribution is -0.136. The van der Waals surface area contributed by atoms with Gasteiger partial charge in [-0.1, -0.05) is 46.9 Å². The van der Waals surface area contributed by atoms with Gasteiger partial charge in [-0.3, -0.25) is 14.4 Å². The van der Waals surface area contributed by atoms with E-state index in [-0.39, 0.29) is 18.7 Å². The Bertz CT molecular complexity index is 1520. The summed E-state index contributed by atoms with van der Waals surface area (Å²) in [5.41, 5.74) is 3.55. The highest BCUT2D eigenvalue weighted by atomic mass is 35.5. The van der Waals surface area contributed by atoms with Gasteiger partial charge in [0, 0.05) is 39.0 Å². The van der Waals surface area contributed by atoms with Gasteiger partial charge in [0.05, 0.1) is 22.8 Å². The van der Waals surface area contributed by atoms with Crippen LogP contribution in [-0.2, 0) is 4.79 Å². The zero-order valence-corrected chi connectivity index (χ0v) is 22.2. The van der Waals surface area contributed by atoms with Crippen molar-refractivity contribution in [2.45, 2.75) is 13.3 Å². The summed E-state index contributed by atoms with van der Waals surface area (Å²) in [5.74, 6) is -1.87. The number of carbonyl (C=O) groups excluding carboxylic acids is 2. The van der Waals surface area contributed by atoms with E-state index in [1.54, 1.807) is 54.1 Å². The zero-order valence-electron chi connectivity index (χ0n) is 20.0. The molecule has 3 aromatic carbocycles. The van der Waals surface area contributed by atoms with Crippen LogP contribution in [0.3, 0.4) is 0 Å². The van der Waals surface area contributed by atoms with Crippen LogP contribution in [-0.4, -0.2) is 39.2 Å². The van der Waals surface area contributed by atoms with Crippen molar-refractivity contribution in [2.24, 2.45) is 0 Å². The van der Waals surface area contributed by atoms with E-state index in [9.17, 15) is 14.4 Å². The lowest BCUT2D eigenvalue weighted by atomic mass is 10.1. The monoisotopic (exact) mass is 570 g/mol. The molecule has 4 rings (SSSR count). The maximum Gasteiger partial charge on any atom is 0.305 e. The Kier molecular flexibility index (Phi) is 8.36. The van der Waals surface area contributed by atoms with Gasteiger partial charge >= 0.3 is 5.97 Å². The fourth-order valence-electron chi connectivity index (χ4n) is 3.77. The molecule has 4 aromatic rings. The van der Waals surface area contributed by atoms with Gasteiger partial charge in [0.1, 0.15) is 0 Å². The molecular weight excluding hydrogens is 551 g/mol. The Morgan fingerprint density at radius 1 is 0.895 bits per heavy atom. The van der Waals surface area contributed by atoms with Crippen LogP contribution in [0.15, 0.2) is 66.7 Å². The molecule has 2 amide bonds. The minimum Gasteiger partial charge on any atom is -0.481 e. The second-order valence-corrected chi connectivity index (χ2v) is 9.55. The smallest absolute Gasteiger partial charge is 0.305 e. The molecule has 3 N–H and O–H groups in total. The number of anilines is 1. The van der Waals surface area contributed by atoms with E-state index in [1.165, 1.54) is 12.1 Å². The van der Waals surface area contributed by atoms with Gasteiger partial charge in [-0.15, -0.1) is 0 Å². The first-order valence-corrected chi connectivity index (χ1v) is 12.5. The number of rotatable bonds is 8. The van der Waals surface area contributed by atoms with Gasteiger partial charge in [0.15, 0.2) is 5.69 Å². The highest BCUT2D eigenvalue weighted by Crippen LogP contribution is 2.33. The molecule has 0 unspecified atom stereocenters. The van der Waals surface area contributed by atoms with E-state index >= 15 is 0 Å². The molecule has 38 heavy (non-hydrogen) atoms. The molecule has 0 saturated carbocycles. The number of hydrogen-bond donors (Lipinski definition) is 3. The first-order chi connectivity index (χ1) is 18.1. The maximum atomic E-state index is 13.3. The van der Waals surface area contributed by atoms with Crippen LogP contribution in [0, 0.1) is 6.92 Å². The fourth-order valence-corrected chi connectivity index (χ4v) is 4.38. The van der Waals surface area contributed by atoms with Crippen molar-refractivity contribution in [1.82, 2.24) is 15.1 Å². The molecule has 0 radical (unpaired) electrons. The number of carboxylic acids is 1. The number of aromatic nitrogens is 2. The first-order valence-electron chi connectivity index (χ1n) is 11.4. The molecule has 194 valence electrons. The number of carbonyl (C=O) groups is 3. The standard InChI is InChI=1S/C27H21Cl3N4O4/c1-15-24(27(38)32-20-9-4-17(5-10-20)26(37)31-13-12-23(35)36)33-34(22-11-8-19(29)14-21(22)30)25(15)16-2-6-18(28)7-3-16/h2-11,14H,12-13H2,1H3,(H,31,37)(H,32,38)(H,35,36). The van der Waals surface area contributed by atoms with Crippen molar-refractivity contribution in [3.8, 4) is 16.9 Å². The Balaban J connectivity index is 1.63. The molecule has 8 nitrogen and oxygen atoms in total. The van der Waals surface area contributed by atoms with Crippen LogP contribution in [0.4, 0.5) is 5.69 Å². The molecule has 0 atom stereocenters. The summed E-state index contributed by atoms with van der Waals surface area (Å²) in [7, 11) is 0. The van der Waals surface area contributed by atoms with Gasteiger partial charge in [-0.05, 0) is 61.5 Å². The van der Waals surface area contributed by atoms with Crippen molar-refractivity contribution >= 4 is 58.3 Å². The third-order valence-electron chi connectivity index (χ3n) is 5.62. The molecule has 1 heterocycles. The van der Waals surface area contributed by atoms with Gasteiger partial charge in [0.25, 0.3) is 11.8 Å². The third-order valence-corrected chi connectivity index (χ3v) is 6.41. The summed E-state index contributed by atoms with van der Waals surface area (Å²) < 4.78 is 1.59. The molecular formula is C27H21Cl3N4O4. The number of benzene rings is 3. The Hall–Kier alpha value is -3.85. The first kappa shape index (κ1) is 27.2. The fraction of sp³-hybridized carbons (Fsp3) is 0.111. The molecule has 1 aromatic heterocycles. The van der Waals surface area contributed by atoms with Gasteiger partial charge in [-0.25, -0.2) is 4.68 Å². The van der Waals surface area contributed by atoms with E-state index in [0.717, 1.165) is 5.56 Å². The number of nitrogens with one attached hydrogen (secondary N) is 2. The number of halogens is 3. The summed E-state index contributed by atoms with van der Waals surface area (Å²) in [6.07, 6.45) is -0.175. The molecule has 0 aliphatic heterocycles. The van der Waals surface area contributed by atoms with E-state index < -0.39 is 17.8 Å². The number of hydrogen-bond acceptors (Lipinski definition) is 4. The van der Waals surface area contributed by atoms with Gasteiger partial charge in [-0.2, -0.15) is 5.10 Å². The third kappa shape index (κ3) is 6.16. The lowest BCUT2D eigenvalue weighted by Crippen LogP contribution is -2.25. The number of aliphatic carboxylic acids is 1. The molecule has 0 aliphatic rings. The minimum absolute atomic E-state index is 0.0161. The van der Waals surface area contributed by atoms with E-state index in [0.29, 0.717) is 43.3 Å². The van der Waals surface area contributed by atoms with Crippen LogP contribution >= 0.6 is 34.8 Å².